The summed E-state index contributed by atoms with van der Waals surface area (Å²) in [4.78, 5) is 15.0. The zero-order valence-corrected chi connectivity index (χ0v) is 19.0. The summed E-state index contributed by atoms with van der Waals surface area (Å²) in [5, 5.41) is 8.42. The van der Waals surface area contributed by atoms with E-state index in [0.717, 1.165) is 67.9 Å². The fourth-order valence-electron chi connectivity index (χ4n) is 5.47. The summed E-state index contributed by atoms with van der Waals surface area (Å²) in [6.45, 7) is 3.29. The summed E-state index contributed by atoms with van der Waals surface area (Å²) < 4.78 is 18.8. The van der Waals surface area contributed by atoms with Crippen LogP contribution in [0.5, 0.6) is 0 Å². The molecule has 5 rings (SSSR count). The van der Waals surface area contributed by atoms with Gasteiger partial charge in [0.1, 0.15) is 5.82 Å². The van der Waals surface area contributed by atoms with Gasteiger partial charge in [-0.15, -0.1) is 0 Å². The molecule has 2 aromatic carbocycles. The maximum absolute atomic E-state index is 13.4. The first-order valence-electron chi connectivity index (χ1n) is 12.3. The molecule has 0 spiro atoms. The van der Waals surface area contributed by atoms with Gasteiger partial charge in [0.2, 0.25) is 0 Å². The number of nitrogens with zero attached hydrogens (tertiary/aromatic N) is 2. The second kappa shape index (κ2) is 10.0. The van der Waals surface area contributed by atoms with E-state index in [1.165, 1.54) is 31.4 Å². The standard InChI is InChI=1S/C27H32FN3O2/c28-22-8-11-24-25(18-22)33-30-26(24)20-13-16-31(17-14-20)15-12-19-6-9-23(10-7-19)29-27(32)21-4-2-1-3-5-21/h1-5,8,11,18-20,23H,6-7,9-10,12-17H2,(H,29,32). The minimum absolute atomic E-state index is 0.0481. The third kappa shape index (κ3) is 5.27. The predicted molar refractivity (Wildman–Crippen MR) is 127 cm³/mol. The Morgan fingerprint density at radius 1 is 1.03 bits per heavy atom. The summed E-state index contributed by atoms with van der Waals surface area (Å²) >= 11 is 0. The largest absolute Gasteiger partial charge is 0.356 e. The average Bonchev–Trinajstić information content (AvgIpc) is 3.27. The highest BCUT2D eigenvalue weighted by molar-refractivity contribution is 5.94. The molecule has 1 amide bonds. The van der Waals surface area contributed by atoms with Crippen molar-refractivity contribution in [3.05, 3.63) is 65.6 Å². The van der Waals surface area contributed by atoms with Crippen LogP contribution >= 0.6 is 0 Å². The topological polar surface area (TPSA) is 58.4 Å². The van der Waals surface area contributed by atoms with Crippen molar-refractivity contribution in [1.29, 1.82) is 0 Å². The Morgan fingerprint density at radius 2 is 1.79 bits per heavy atom. The third-order valence-corrected chi connectivity index (χ3v) is 7.51. The summed E-state index contributed by atoms with van der Waals surface area (Å²) in [5.74, 6) is 0.901. The smallest absolute Gasteiger partial charge is 0.251 e. The molecule has 174 valence electrons. The molecule has 1 N–H and O–H groups in total. The normalized spacial score (nSPS) is 22.5. The number of hydrogen-bond donors (Lipinski definition) is 1. The molecule has 0 radical (unpaired) electrons. The van der Waals surface area contributed by atoms with Crippen molar-refractivity contribution >= 4 is 16.9 Å². The van der Waals surface area contributed by atoms with Gasteiger partial charge < -0.3 is 14.7 Å². The van der Waals surface area contributed by atoms with Crippen LogP contribution in [-0.2, 0) is 0 Å². The zero-order valence-electron chi connectivity index (χ0n) is 19.0. The van der Waals surface area contributed by atoms with E-state index >= 15 is 0 Å². The summed E-state index contributed by atoms with van der Waals surface area (Å²) in [6, 6.07) is 14.5. The lowest BCUT2D eigenvalue weighted by Crippen LogP contribution is -2.38. The molecule has 1 saturated heterocycles. The lowest BCUT2D eigenvalue weighted by molar-refractivity contribution is 0.0919. The zero-order chi connectivity index (χ0) is 22.6. The van der Waals surface area contributed by atoms with Crippen LogP contribution in [0.4, 0.5) is 4.39 Å². The second-order valence-electron chi connectivity index (χ2n) is 9.67. The highest BCUT2D eigenvalue weighted by Gasteiger charge is 2.27. The van der Waals surface area contributed by atoms with Crippen molar-refractivity contribution in [3.8, 4) is 0 Å². The molecule has 33 heavy (non-hydrogen) atoms. The number of nitrogens with one attached hydrogen (secondary N) is 1. The van der Waals surface area contributed by atoms with Gasteiger partial charge in [0.05, 0.1) is 5.69 Å². The lowest BCUT2D eigenvalue weighted by Gasteiger charge is -2.34. The minimum Gasteiger partial charge on any atom is -0.356 e. The van der Waals surface area contributed by atoms with E-state index in [2.05, 4.69) is 15.4 Å². The van der Waals surface area contributed by atoms with E-state index in [9.17, 15) is 9.18 Å². The quantitative estimate of drug-likeness (QED) is 0.538. The molecule has 0 atom stereocenters. The number of fused-ring (bicyclic) bond motifs is 1. The molecule has 5 nitrogen and oxygen atoms in total. The van der Waals surface area contributed by atoms with Gasteiger partial charge in [0.25, 0.3) is 5.91 Å². The number of piperidine rings is 1. The number of amides is 1. The fourth-order valence-corrected chi connectivity index (χ4v) is 5.47. The third-order valence-electron chi connectivity index (χ3n) is 7.51. The van der Waals surface area contributed by atoms with E-state index in [1.54, 1.807) is 6.07 Å². The highest BCUT2D eigenvalue weighted by Crippen LogP contribution is 2.33. The van der Waals surface area contributed by atoms with Crippen LogP contribution in [0.25, 0.3) is 11.0 Å². The van der Waals surface area contributed by atoms with Crippen LogP contribution in [0.15, 0.2) is 53.1 Å². The van der Waals surface area contributed by atoms with Crippen molar-refractivity contribution in [2.24, 2.45) is 5.92 Å². The van der Waals surface area contributed by atoms with E-state index in [-0.39, 0.29) is 11.7 Å². The van der Waals surface area contributed by atoms with Crippen LogP contribution in [0.3, 0.4) is 0 Å². The molecule has 2 heterocycles. The molecule has 1 aliphatic heterocycles. The Morgan fingerprint density at radius 3 is 2.55 bits per heavy atom. The highest BCUT2D eigenvalue weighted by atomic mass is 19.1. The first-order valence-corrected chi connectivity index (χ1v) is 12.3. The number of aromatic nitrogens is 1. The second-order valence-corrected chi connectivity index (χ2v) is 9.67. The number of carbonyl (C=O) groups is 1. The number of halogens is 1. The number of rotatable bonds is 6. The van der Waals surface area contributed by atoms with Crippen molar-refractivity contribution in [3.63, 3.8) is 0 Å². The maximum atomic E-state index is 13.4. The summed E-state index contributed by atoms with van der Waals surface area (Å²) in [5.41, 5.74) is 2.28. The minimum atomic E-state index is -0.285. The van der Waals surface area contributed by atoms with Crippen molar-refractivity contribution in [2.75, 3.05) is 19.6 Å². The van der Waals surface area contributed by atoms with Crippen molar-refractivity contribution in [2.45, 2.75) is 56.9 Å². The summed E-state index contributed by atoms with van der Waals surface area (Å²) in [7, 11) is 0. The van der Waals surface area contributed by atoms with Crippen LogP contribution < -0.4 is 5.32 Å². The number of benzene rings is 2. The average molecular weight is 450 g/mol. The molecule has 0 unspecified atom stereocenters. The van der Waals surface area contributed by atoms with E-state index in [1.807, 2.05) is 30.3 Å². The molecule has 1 aromatic heterocycles. The predicted octanol–water partition coefficient (Wildman–Crippen LogP) is 5.53. The van der Waals surface area contributed by atoms with Crippen LogP contribution in [0.1, 0.15) is 66.9 Å². The van der Waals surface area contributed by atoms with Crippen molar-refractivity contribution in [1.82, 2.24) is 15.4 Å². The van der Waals surface area contributed by atoms with E-state index in [0.29, 0.717) is 17.5 Å². The van der Waals surface area contributed by atoms with Gasteiger partial charge in [-0.1, -0.05) is 23.4 Å². The van der Waals surface area contributed by atoms with Gasteiger partial charge >= 0.3 is 0 Å². The van der Waals surface area contributed by atoms with Crippen LogP contribution in [0.2, 0.25) is 0 Å². The van der Waals surface area contributed by atoms with Gasteiger partial charge in [-0.05, 0) is 94.8 Å². The molecule has 2 aliphatic rings. The molecular formula is C27H32FN3O2. The SMILES string of the molecule is O=C(NC1CCC(CCN2CCC(c3noc4cc(F)ccc34)CC2)CC1)c1ccccc1. The molecular weight excluding hydrogens is 417 g/mol. The van der Waals surface area contributed by atoms with Gasteiger partial charge in [-0.3, -0.25) is 4.79 Å². The van der Waals surface area contributed by atoms with Gasteiger partial charge in [-0.2, -0.15) is 0 Å². The Bertz CT molecular complexity index is 1070. The maximum Gasteiger partial charge on any atom is 0.251 e. The fraction of sp³-hybridized carbons (Fsp3) is 0.481. The monoisotopic (exact) mass is 449 g/mol. The molecule has 6 heteroatoms. The Balaban J connectivity index is 1.03. The Kier molecular flexibility index (Phi) is 6.72. The molecule has 1 saturated carbocycles. The van der Waals surface area contributed by atoms with E-state index in [4.69, 9.17) is 4.52 Å². The van der Waals surface area contributed by atoms with Crippen LogP contribution in [0, 0.1) is 11.7 Å². The summed E-state index contributed by atoms with van der Waals surface area (Å²) in [6.07, 6.45) is 7.90. The van der Waals surface area contributed by atoms with Crippen LogP contribution in [-0.4, -0.2) is 41.6 Å². The lowest BCUT2D eigenvalue weighted by atomic mass is 9.83. The molecule has 2 fully saturated rings. The van der Waals surface area contributed by atoms with Gasteiger partial charge in [0, 0.05) is 29.0 Å². The van der Waals surface area contributed by atoms with Gasteiger partial charge in [0.15, 0.2) is 5.58 Å². The van der Waals surface area contributed by atoms with Gasteiger partial charge in [-0.25, -0.2) is 4.39 Å². The molecule has 0 bridgehead atoms. The first-order chi connectivity index (χ1) is 16.2. The Hall–Kier alpha value is -2.73. The first kappa shape index (κ1) is 22.1. The number of carbonyl (C=O) groups excluding carboxylic acids is 1. The van der Waals surface area contributed by atoms with Crippen molar-refractivity contribution < 1.29 is 13.7 Å². The number of hydrogen-bond acceptors (Lipinski definition) is 4. The molecule has 1 aliphatic carbocycles. The number of likely N-dealkylation sites (tertiary alicyclic amines) is 1. The van der Waals surface area contributed by atoms with E-state index < -0.39 is 0 Å². The molecule has 3 aromatic rings. The Labute approximate surface area is 194 Å².